The van der Waals surface area contributed by atoms with Crippen LogP contribution in [0, 0.1) is 24.2 Å². The van der Waals surface area contributed by atoms with Gasteiger partial charge in [-0.1, -0.05) is 0 Å². The molecule has 4 nitrogen and oxygen atoms in total. The average molecular weight is 260 g/mol. The van der Waals surface area contributed by atoms with Crippen molar-refractivity contribution in [3.63, 3.8) is 0 Å². The first-order valence-electron chi connectivity index (χ1n) is 6.54. The van der Waals surface area contributed by atoms with Crippen LogP contribution in [0.1, 0.15) is 23.5 Å². The molecule has 1 aromatic carbocycles. The molecule has 1 aliphatic heterocycles. The third-order valence-electron chi connectivity index (χ3n) is 3.79. The third kappa shape index (κ3) is 2.66. The van der Waals surface area contributed by atoms with Gasteiger partial charge < -0.3 is 14.8 Å². The van der Waals surface area contributed by atoms with Gasteiger partial charge in [0.05, 0.1) is 26.2 Å². The molecule has 0 aromatic heterocycles. The lowest BCUT2D eigenvalue weighted by molar-refractivity contribution is 0.389. The minimum absolute atomic E-state index is 0.153. The van der Waals surface area contributed by atoms with E-state index in [-0.39, 0.29) is 5.92 Å². The van der Waals surface area contributed by atoms with Crippen LogP contribution in [0.25, 0.3) is 0 Å². The first-order valence-corrected chi connectivity index (χ1v) is 6.54. The number of nitrogens with zero attached hydrogens (tertiary/aromatic N) is 1. The van der Waals surface area contributed by atoms with Crippen molar-refractivity contribution in [2.75, 3.05) is 27.3 Å². The predicted octanol–water partition coefficient (Wildman–Crippen LogP) is 2.23. The van der Waals surface area contributed by atoms with Crippen LogP contribution in [0.3, 0.4) is 0 Å². The summed E-state index contributed by atoms with van der Waals surface area (Å²) in [6.07, 6.45) is 1.03. The largest absolute Gasteiger partial charge is 0.496 e. The van der Waals surface area contributed by atoms with Gasteiger partial charge in [-0.2, -0.15) is 5.26 Å². The maximum Gasteiger partial charge on any atom is 0.123 e. The Hall–Kier alpha value is -1.73. The molecule has 0 bridgehead atoms. The van der Waals surface area contributed by atoms with Crippen molar-refractivity contribution in [2.24, 2.45) is 5.92 Å². The smallest absolute Gasteiger partial charge is 0.123 e. The van der Waals surface area contributed by atoms with Crippen LogP contribution in [-0.2, 0) is 0 Å². The Labute approximate surface area is 114 Å². The van der Waals surface area contributed by atoms with E-state index < -0.39 is 0 Å². The highest BCUT2D eigenvalue weighted by atomic mass is 16.5. The molecule has 4 heteroatoms. The quantitative estimate of drug-likeness (QED) is 0.902. The number of nitrogens with one attached hydrogen (secondary N) is 1. The number of benzene rings is 1. The average Bonchev–Trinajstić information content (AvgIpc) is 2.94. The van der Waals surface area contributed by atoms with Crippen molar-refractivity contribution in [3.05, 3.63) is 23.3 Å². The van der Waals surface area contributed by atoms with E-state index >= 15 is 0 Å². The van der Waals surface area contributed by atoms with Crippen molar-refractivity contribution < 1.29 is 9.47 Å². The number of rotatable bonds is 4. The molecule has 1 saturated heterocycles. The van der Waals surface area contributed by atoms with Gasteiger partial charge in [0.15, 0.2) is 0 Å². The van der Waals surface area contributed by atoms with Crippen LogP contribution in [0.4, 0.5) is 0 Å². The normalized spacial score (nSPS) is 19.8. The Morgan fingerprint density at radius 3 is 2.58 bits per heavy atom. The maximum absolute atomic E-state index is 9.52. The van der Waals surface area contributed by atoms with E-state index in [1.54, 1.807) is 14.2 Å². The van der Waals surface area contributed by atoms with Gasteiger partial charge in [-0.25, -0.2) is 0 Å². The van der Waals surface area contributed by atoms with Gasteiger partial charge in [0.1, 0.15) is 11.5 Å². The fraction of sp³-hybridized carbons (Fsp3) is 0.533. The molecule has 0 spiro atoms. The molecular weight excluding hydrogens is 240 g/mol. The Balaban J connectivity index is 2.43. The summed E-state index contributed by atoms with van der Waals surface area (Å²) in [5.41, 5.74) is 1.95. The van der Waals surface area contributed by atoms with Gasteiger partial charge in [0, 0.05) is 5.56 Å². The summed E-state index contributed by atoms with van der Waals surface area (Å²) in [5, 5.41) is 12.8. The molecular formula is C15H20N2O2. The van der Waals surface area contributed by atoms with Crippen molar-refractivity contribution in [1.82, 2.24) is 5.32 Å². The SMILES string of the molecule is COc1cc(C(C#N)C2CCNC2)c(OC)cc1C. The summed E-state index contributed by atoms with van der Waals surface area (Å²) >= 11 is 0. The van der Waals surface area contributed by atoms with E-state index in [2.05, 4.69) is 11.4 Å². The summed E-state index contributed by atoms with van der Waals surface area (Å²) in [5.74, 6) is 1.77. The summed E-state index contributed by atoms with van der Waals surface area (Å²) in [6.45, 7) is 3.84. The summed E-state index contributed by atoms with van der Waals surface area (Å²) in [7, 11) is 3.29. The minimum atomic E-state index is -0.153. The van der Waals surface area contributed by atoms with Crippen molar-refractivity contribution in [1.29, 1.82) is 5.26 Å². The number of ether oxygens (including phenoxy) is 2. The lowest BCUT2D eigenvalue weighted by atomic mass is 9.85. The van der Waals surface area contributed by atoms with E-state index in [9.17, 15) is 5.26 Å². The second-order valence-corrected chi connectivity index (χ2v) is 4.92. The highest BCUT2D eigenvalue weighted by molar-refractivity contribution is 5.49. The van der Waals surface area contributed by atoms with Gasteiger partial charge in [-0.15, -0.1) is 0 Å². The van der Waals surface area contributed by atoms with E-state index in [0.717, 1.165) is 42.1 Å². The number of hydrogen-bond acceptors (Lipinski definition) is 4. The zero-order chi connectivity index (χ0) is 13.8. The number of hydrogen-bond donors (Lipinski definition) is 1. The van der Waals surface area contributed by atoms with Gasteiger partial charge in [-0.05, 0) is 50.0 Å². The molecule has 1 fully saturated rings. The number of methoxy groups -OCH3 is 2. The minimum Gasteiger partial charge on any atom is -0.496 e. The fourth-order valence-electron chi connectivity index (χ4n) is 2.71. The standard InChI is InChI=1S/C15H20N2O2/c1-10-6-15(19-3)12(7-14(10)18-2)13(8-16)11-4-5-17-9-11/h6-7,11,13,17H,4-5,9H2,1-3H3. The summed E-state index contributed by atoms with van der Waals surface area (Å²) < 4.78 is 10.8. The molecule has 1 aromatic rings. The van der Waals surface area contributed by atoms with E-state index in [1.807, 2.05) is 19.1 Å². The molecule has 1 N–H and O–H groups in total. The molecule has 2 rings (SSSR count). The second kappa shape index (κ2) is 5.94. The fourth-order valence-corrected chi connectivity index (χ4v) is 2.71. The van der Waals surface area contributed by atoms with Gasteiger partial charge >= 0.3 is 0 Å². The Kier molecular flexibility index (Phi) is 4.28. The molecule has 0 saturated carbocycles. The molecule has 102 valence electrons. The molecule has 0 radical (unpaired) electrons. The van der Waals surface area contributed by atoms with Gasteiger partial charge in [0.2, 0.25) is 0 Å². The molecule has 1 heterocycles. The van der Waals surface area contributed by atoms with Crippen LogP contribution >= 0.6 is 0 Å². The van der Waals surface area contributed by atoms with Gasteiger partial charge in [-0.3, -0.25) is 0 Å². The summed E-state index contributed by atoms with van der Waals surface area (Å²) in [6, 6.07) is 6.32. The Morgan fingerprint density at radius 1 is 1.32 bits per heavy atom. The Bertz CT molecular complexity index is 488. The summed E-state index contributed by atoms with van der Waals surface area (Å²) in [4.78, 5) is 0. The lowest BCUT2D eigenvalue weighted by Crippen LogP contribution is -2.16. The highest BCUT2D eigenvalue weighted by Crippen LogP contribution is 2.38. The van der Waals surface area contributed by atoms with Crippen LogP contribution in [0.15, 0.2) is 12.1 Å². The van der Waals surface area contributed by atoms with Crippen molar-refractivity contribution >= 4 is 0 Å². The predicted molar refractivity (Wildman–Crippen MR) is 73.6 cm³/mol. The maximum atomic E-state index is 9.52. The molecule has 0 aliphatic carbocycles. The second-order valence-electron chi connectivity index (χ2n) is 4.92. The van der Waals surface area contributed by atoms with E-state index in [1.165, 1.54) is 0 Å². The number of aryl methyl sites for hydroxylation is 1. The van der Waals surface area contributed by atoms with Crippen LogP contribution in [-0.4, -0.2) is 27.3 Å². The molecule has 2 atom stereocenters. The van der Waals surface area contributed by atoms with E-state index in [4.69, 9.17) is 9.47 Å². The van der Waals surface area contributed by atoms with Crippen LogP contribution < -0.4 is 14.8 Å². The molecule has 0 amide bonds. The molecule has 19 heavy (non-hydrogen) atoms. The molecule has 1 aliphatic rings. The first kappa shape index (κ1) is 13.7. The zero-order valence-corrected chi connectivity index (χ0v) is 11.7. The highest BCUT2D eigenvalue weighted by Gasteiger charge is 2.29. The third-order valence-corrected chi connectivity index (χ3v) is 3.79. The topological polar surface area (TPSA) is 54.3 Å². The Morgan fingerprint density at radius 2 is 2.05 bits per heavy atom. The van der Waals surface area contributed by atoms with Crippen LogP contribution in [0.2, 0.25) is 0 Å². The zero-order valence-electron chi connectivity index (χ0n) is 11.7. The van der Waals surface area contributed by atoms with Gasteiger partial charge in [0.25, 0.3) is 0 Å². The van der Waals surface area contributed by atoms with Crippen molar-refractivity contribution in [2.45, 2.75) is 19.3 Å². The van der Waals surface area contributed by atoms with Crippen molar-refractivity contribution in [3.8, 4) is 17.6 Å². The van der Waals surface area contributed by atoms with E-state index in [0.29, 0.717) is 5.92 Å². The monoisotopic (exact) mass is 260 g/mol. The lowest BCUT2D eigenvalue weighted by Gasteiger charge is -2.20. The number of nitriles is 1. The molecule has 2 unspecified atom stereocenters. The van der Waals surface area contributed by atoms with Crippen LogP contribution in [0.5, 0.6) is 11.5 Å². The first-order chi connectivity index (χ1) is 9.21.